The molecule has 3 nitrogen and oxygen atoms in total. The number of aliphatic hydroxyl groups is 1. The predicted molar refractivity (Wildman–Crippen MR) is 73.3 cm³/mol. The summed E-state index contributed by atoms with van der Waals surface area (Å²) in [7, 11) is 1.00. The maximum Gasteiger partial charge on any atom is 0.418 e. The Hall–Kier alpha value is -2.21. The lowest BCUT2D eigenvalue weighted by Gasteiger charge is -2.15. The van der Waals surface area contributed by atoms with Crippen LogP contribution in [0.15, 0.2) is 54.6 Å². The molecule has 0 aliphatic heterocycles. The van der Waals surface area contributed by atoms with Crippen molar-refractivity contribution in [1.29, 1.82) is 0 Å². The number of hydrazine groups is 1. The van der Waals surface area contributed by atoms with Gasteiger partial charge in [-0.05, 0) is 24.3 Å². The minimum atomic E-state index is -4.37. The molecule has 3 N–H and O–H groups in total. The summed E-state index contributed by atoms with van der Waals surface area (Å²) in [6.45, 7) is 0. The summed E-state index contributed by atoms with van der Waals surface area (Å²) in [5.41, 5.74) is 5.27. The molecule has 0 aliphatic rings. The highest BCUT2D eigenvalue weighted by molar-refractivity contribution is 5.57. The normalized spacial score (nSPS) is 10.2. The van der Waals surface area contributed by atoms with Crippen molar-refractivity contribution in [1.82, 2.24) is 0 Å². The van der Waals surface area contributed by atoms with Crippen molar-refractivity contribution in [2.75, 3.05) is 18.0 Å². The number of rotatable bonds is 3. The van der Waals surface area contributed by atoms with Crippen LogP contribution in [0, 0.1) is 0 Å². The van der Waals surface area contributed by atoms with Gasteiger partial charge in [-0.15, -0.1) is 0 Å². The predicted octanol–water partition coefficient (Wildman–Crippen LogP) is 3.75. The zero-order valence-corrected chi connectivity index (χ0v) is 10.8. The SMILES string of the molecule is CO.FC(F)(F)c1ccccc1NNc1ccccc1. The van der Waals surface area contributed by atoms with E-state index < -0.39 is 11.7 Å². The number of para-hydroxylation sites is 2. The maximum atomic E-state index is 12.7. The van der Waals surface area contributed by atoms with Gasteiger partial charge in [0.05, 0.1) is 16.9 Å². The van der Waals surface area contributed by atoms with Crippen molar-refractivity contribution in [3.63, 3.8) is 0 Å². The second kappa shape index (κ2) is 7.40. The summed E-state index contributed by atoms with van der Waals surface area (Å²) < 4.78 is 38.1. The zero-order valence-electron chi connectivity index (χ0n) is 10.8. The zero-order chi connectivity index (χ0) is 15.0. The van der Waals surface area contributed by atoms with E-state index in [1.54, 1.807) is 30.3 Å². The minimum absolute atomic E-state index is 0.00569. The molecule has 108 valence electrons. The molecule has 6 heteroatoms. The Morgan fingerprint density at radius 1 is 0.800 bits per heavy atom. The van der Waals surface area contributed by atoms with Gasteiger partial charge >= 0.3 is 6.18 Å². The molecule has 0 heterocycles. The number of benzene rings is 2. The highest BCUT2D eigenvalue weighted by atomic mass is 19.4. The molecule has 2 aromatic rings. The first-order valence-electron chi connectivity index (χ1n) is 5.75. The summed E-state index contributed by atoms with van der Waals surface area (Å²) in [5, 5.41) is 7.00. The number of aliphatic hydroxyl groups excluding tert-OH is 1. The van der Waals surface area contributed by atoms with Gasteiger partial charge in [-0.1, -0.05) is 30.3 Å². The van der Waals surface area contributed by atoms with Crippen molar-refractivity contribution in [3.05, 3.63) is 60.2 Å². The van der Waals surface area contributed by atoms with Gasteiger partial charge in [0.15, 0.2) is 0 Å². The number of halogens is 3. The molecule has 0 unspecified atom stereocenters. The molecular weight excluding hydrogens is 269 g/mol. The third-order valence-corrected chi connectivity index (χ3v) is 2.35. The van der Waals surface area contributed by atoms with Crippen molar-refractivity contribution >= 4 is 11.4 Å². The van der Waals surface area contributed by atoms with Crippen LogP contribution in [-0.2, 0) is 6.18 Å². The molecule has 0 saturated heterocycles. The second-order valence-corrected chi connectivity index (χ2v) is 3.66. The van der Waals surface area contributed by atoms with E-state index in [9.17, 15) is 13.2 Å². The largest absolute Gasteiger partial charge is 0.418 e. The molecule has 0 saturated carbocycles. The van der Waals surface area contributed by atoms with Gasteiger partial charge in [-0.2, -0.15) is 13.2 Å². The molecule has 2 aromatic carbocycles. The van der Waals surface area contributed by atoms with E-state index in [1.165, 1.54) is 12.1 Å². The van der Waals surface area contributed by atoms with Gasteiger partial charge in [-0.25, -0.2) is 0 Å². The van der Waals surface area contributed by atoms with Gasteiger partial charge in [0.2, 0.25) is 0 Å². The van der Waals surface area contributed by atoms with E-state index in [1.807, 2.05) is 6.07 Å². The first-order valence-corrected chi connectivity index (χ1v) is 5.75. The number of alkyl halides is 3. The Balaban J connectivity index is 0.000000956. The van der Waals surface area contributed by atoms with Crippen LogP contribution in [0.1, 0.15) is 5.56 Å². The van der Waals surface area contributed by atoms with Crippen LogP contribution >= 0.6 is 0 Å². The standard InChI is InChI=1S/C13H11F3N2.CH4O/c14-13(15,16)11-8-4-5-9-12(11)18-17-10-6-2-1-3-7-10;1-2/h1-9,17-18H;2H,1H3. The molecule has 0 fully saturated rings. The molecule has 0 bridgehead atoms. The van der Waals surface area contributed by atoms with Crippen LogP contribution in [-0.4, -0.2) is 12.2 Å². The molecule has 0 atom stereocenters. The van der Waals surface area contributed by atoms with E-state index in [0.29, 0.717) is 5.69 Å². The Labute approximate surface area is 115 Å². The van der Waals surface area contributed by atoms with Crippen molar-refractivity contribution < 1.29 is 18.3 Å². The monoisotopic (exact) mass is 284 g/mol. The fourth-order valence-electron chi connectivity index (χ4n) is 1.50. The van der Waals surface area contributed by atoms with E-state index in [0.717, 1.165) is 13.2 Å². The minimum Gasteiger partial charge on any atom is -0.400 e. The van der Waals surface area contributed by atoms with Crippen LogP contribution in [0.2, 0.25) is 0 Å². The van der Waals surface area contributed by atoms with Crippen LogP contribution in [0.5, 0.6) is 0 Å². The summed E-state index contributed by atoms with van der Waals surface area (Å²) in [6.07, 6.45) is -4.37. The van der Waals surface area contributed by atoms with E-state index in [2.05, 4.69) is 10.9 Å². The lowest BCUT2D eigenvalue weighted by molar-refractivity contribution is -0.136. The quantitative estimate of drug-likeness (QED) is 0.752. The molecule has 0 spiro atoms. The first-order chi connectivity index (χ1) is 9.57. The lowest BCUT2D eigenvalue weighted by atomic mass is 10.2. The molecule has 20 heavy (non-hydrogen) atoms. The summed E-state index contributed by atoms with van der Waals surface area (Å²) in [4.78, 5) is 0. The summed E-state index contributed by atoms with van der Waals surface area (Å²) in [6, 6.07) is 14.2. The molecule has 2 rings (SSSR count). The van der Waals surface area contributed by atoms with Gasteiger partial charge in [0.25, 0.3) is 0 Å². The molecule has 0 aromatic heterocycles. The fourth-order valence-corrected chi connectivity index (χ4v) is 1.50. The summed E-state index contributed by atoms with van der Waals surface area (Å²) in [5.74, 6) is 0. The Kier molecular flexibility index (Phi) is 5.86. The van der Waals surface area contributed by atoms with Crippen molar-refractivity contribution in [3.8, 4) is 0 Å². The van der Waals surface area contributed by atoms with Crippen LogP contribution < -0.4 is 10.9 Å². The van der Waals surface area contributed by atoms with Gasteiger partial charge in [0.1, 0.15) is 0 Å². The number of hydrogen-bond donors (Lipinski definition) is 3. The highest BCUT2D eigenvalue weighted by Gasteiger charge is 2.33. The lowest BCUT2D eigenvalue weighted by Crippen LogP contribution is -2.14. The Morgan fingerprint density at radius 2 is 1.35 bits per heavy atom. The Bertz CT molecular complexity index is 515. The third-order valence-electron chi connectivity index (χ3n) is 2.35. The van der Waals surface area contributed by atoms with Gasteiger partial charge in [0, 0.05) is 7.11 Å². The van der Waals surface area contributed by atoms with Gasteiger partial charge < -0.3 is 16.0 Å². The molecule has 0 aliphatic carbocycles. The smallest absolute Gasteiger partial charge is 0.400 e. The highest BCUT2D eigenvalue weighted by Crippen LogP contribution is 2.34. The summed E-state index contributed by atoms with van der Waals surface area (Å²) >= 11 is 0. The molecule has 0 amide bonds. The van der Waals surface area contributed by atoms with Crippen LogP contribution in [0.3, 0.4) is 0 Å². The fraction of sp³-hybridized carbons (Fsp3) is 0.143. The first kappa shape index (κ1) is 15.8. The van der Waals surface area contributed by atoms with Gasteiger partial charge in [-0.3, -0.25) is 0 Å². The average Bonchev–Trinajstić information content (AvgIpc) is 2.48. The van der Waals surface area contributed by atoms with Crippen LogP contribution in [0.4, 0.5) is 24.5 Å². The van der Waals surface area contributed by atoms with E-state index in [-0.39, 0.29) is 5.69 Å². The molecule has 0 radical (unpaired) electrons. The number of anilines is 2. The average molecular weight is 284 g/mol. The Morgan fingerprint density at radius 3 is 1.95 bits per heavy atom. The van der Waals surface area contributed by atoms with E-state index >= 15 is 0 Å². The number of hydrogen-bond acceptors (Lipinski definition) is 3. The topological polar surface area (TPSA) is 44.3 Å². The van der Waals surface area contributed by atoms with E-state index in [4.69, 9.17) is 5.11 Å². The van der Waals surface area contributed by atoms with Crippen molar-refractivity contribution in [2.45, 2.75) is 6.18 Å². The maximum absolute atomic E-state index is 12.7. The van der Waals surface area contributed by atoms with Crippen LogP contribution in [0.25, 0.3) is 0 Å². The second-order valence-electron chi connectivity index (χ2n) is 3.66. The molecular formula is C14H15F3N2O. The van der Waals surface area contributed by atoms with Crippen molar-refractivity contribution in [2.24, 2.45) is 0 Å². The number of nitrogens with one attached hydrogen (secondary N) is 2. The third kappa shape index (κ3) is 4.47.